The molecule has 2 aromatic rings. The molecule has 0 aliphatic carbocycles. The van der Waals surface area contributed by atoms with Crippen LogP contribution >= 0.6 is 11.3 Å². The Balaban J connectivity index is 1.60. The molecular formula is C43H61FN4O11S. The van der Waals surface area contributed by atoms with Crippen molar-refractivity contribution in [2.24, 2.45) is 27.9 Å². The summed E-state index contributed by atoms with van der Waals surface area (Å²) in [5, 5.41) is 28.3. The minimum Gasteiger partial charge on any atom is -0.459 e. The van der Waals surface area contributed by atoms with E-state index in [2.05, 4.69) is 15.1 Å². The number of aromatic nitrogens is 1. The summed E-state index contributed by atoms with van der Waals surface area (Å²) >= 11 is 1.43. The van der Waals surface area contributed by atoms with Crippen molar-refractivity contribution in [1.29, 1.82) is 0 Å². The number of likely N-dealkylation sites (N-methyl/N-ethyl adjacent to an activating group) is 1. The Bertz CT molecular complexity index is 1870. The number of pyridine rings is 1. The second-order valence-electron chi connectivity index (χ2n) is 17.0. The van der Waals surface area contributed by atoms with Crippen molar-refractivity contribution in [2.75, 3.05) is 27.3 Å². The fourth-order valence-electron chi connectivity index (χ4n) is 8.34. The highest BCUT2D eigenvalue weighted by atomic mass is 32.1. The third-order valence-electron chi connectivity index (χ3n) is 11.8. The number of thiophene rings is 1. The van der Waals surface area contributed by atoms with Crippen LogP contribution in [0.1, 0.15) is 86.0 Å². The number of ketones is 1. The molecule has 2 N–H and O–H groups in total. The Morgan fingerprint density at radius 3 is 2.50 bits per heavy atom. The second-order valence-corrected chi connectivity index (χ2v) is 18.2. The summed E-state index contributed by atoms with van der Waals surface area (Å²) in [5.74, 6) is -5.21. The van der Waals surface area contributed by atoms with Crippen LogP contribution in [0.2, 0.25) is 0 Å². The summed E-state index contributed by atoms with van der Waals surface area (Å²) in [6.45, 7) is 12.8. The van der Waals surface area contributed by atoms with Crippen LogP contribution < -0.4 is 0 Å². The highest BCUT2D eigenvalue weighted by Crippen LogP contribution is 2.39. The van der Waals surface area contributed by atoms with Crippen molar-refractivity contribution in [3.63, 3.8) is 0 Å². The number of hydrogen-bond acceptors (Lipinski definition) is 15. The van der Waals surface area contributed by atoms with Crippen LogP contribution in [-0.4, -0.2) is 131 Å². The lowest BCUT2D eigenvalue weighted by molar-refractivity contribution is -0.296. The van der Waals surface area contributed by atoms with E-state index in [4.69, 9.17) is 28.5 Å². The lowest BCUT2D eigenvalue weighted by Crippen LogP contribution is -2.59. The Labute approximate surface area is 355 Å². The number of esters is 1. The Hall–Kier alpha value is -3.55. The number of amides is 1. The number of carbonyl (C=O) groups excluding carboxylic acids is 3. The minimum absolute atomic E-state index is 0.0374. The first kappa shape index (κ1) is 47.5. The summed E-state index contributed by atoms with van der Waals surface area (Å²) in [4.78, 5) is 58.6. The van der Waals surface area contributed by atoms with Crippen LogP contribution in [0, 0.1) is 23.7 Å². The molecule has 0 aromatic carbocycles. The molecule has 12 atom stereocenters. The molecule has 332 valence electrons. The molecule has 5 rings (SSSR count). The maximum absolute atomic E-state index is 14.5. The maximum atomic E-state index is 14.5. The van der Waals surface area contributed by atoms with Crippen LogP contribution in [0.25, 0.3) is 10.4 Å². The number of carbonyl (C=O) groups is 3. The topological polar surface area (TPSA) is 188 Å². The number of aliphatic imine (C=N–C) groups is 1. The van der Waals surface area contributed by atoms with Gasteiger partial charge < -0.3 is 43.6 Å². The second kappa shape index (κ2) is 20.1. The molecule has 1 amide bonds. The van der Waals surface area contributed by atoms with Gasteiger partial charge in [0, 0.05) is 52.5 Å². The minimum atomic E-state index is -1.84. The van der Waals surface area contributed by atoms with Gasteiger partial charge >= 0.3 is 5.97 Å². The van der Waals surface area contributed by atoms with E-state index in [-0.39, 0.29) is 56.9 Å². The van der Waals surface area contributed by atoms with Gasteiger partial charge in [0.15, 0.2) is 18.7 Å². The van der Waals surface area contributed by atoms with Gasteiger partial charge in [-0.1, -0.05) is 25.9 Å². The lowest BCUT2D eigenvalue weighted by Gasteiger charge is -2.47. The average molecular weight is 861 g/mol. The number of oxime groups is 1. The van der Waals surface area contributed by atoms with Crippen molar-refractivity contribution >= 4 is 40.4 Å². The third-order valence-corrected chi connectivity index (χ3v) is 13.0. The van der Waals surface area contributed by atoms with Crippen LogP contribution in [0.4, 0.5) is 4.39 Å². The highest BCUT2D eigenvalue weighted by Gasteiger charge is 2.51. The van der Waals surface area contributed by atoms with E-state index >= 15 is 0 Å². The van der Waals surface area contributed by atoms with Crippen molar-refractivity contribution in [3.05, 3.63) is 41.3 Å². The van der Waals surface area contributed by atoms with Crippen molar-refractivity contribution in [1.82, 2.24) is 9.88 Å². The highest BCUT2D eigenvalue weighted by molar-refractivity contribution is 7.15. The number of rotatable bonds is 8. The average Bonchev–Trinajstić information content (AvgIpc) is 3.66. The molecule has 0 saturated carbocycles. The summed E-state index contributed by atoms with van der Waals surface area (Å²) in [6, 6.07) is 6.36. The van der Waals surface area contributed by atoms with Gasteiger partial charge in [0.2, 0.25) is 11.9 Å². The third kappa shape index (κ3) is 11.3. The zero-order valence-electron chi connectivity index (χ0n) is 36.3. The van der Waals surface area contributed by atoms with E-state index in [0.717, 1.165) is 15.3 Å². The molecule has 2 bridgehead atoms. The Morgan fingerprint density at radius 2 is 1.85 bits per heavy atom. The van der Waals surface area contributed by atoms with E-state index in [0.29, 0.717) is 12.1 Å². The molecule has 0 spiro atoms. The van der Waals surface area contributed by atoms with Gasteiger partial charge in [0.1, 0.15) is 29.4 Å². The van der Waals surface area contributed by atoms with Gasteiger partial charge in [-0.2, -0.15) is 4.39 Å². The quantitative estimate of drug-likeness (QED) is 0.154. The molecule has 15 nitrogen and oxygen atoms in total. The van der Waals surface area contributed by atoms with Gasteiger partial charge in [0.25, 0.3) is 0 Å². The van der Waals surface area contributed by atoms with Crippen LogP contribution in [0.15, 0.2) is 40.6 Å². The molecular weight excluding hydrogens is 800 g/mol. The Kier molecular flexibility index (Phi) is 15.9. The first-order chi connectivity index (χ1) is 28.2. The summed E-state index contributed by atoms with van der Waals surface area (Å²) in [7, 11) is 3.71. The largest absolute Gasteiger partial charge is 0.459 e. The number of hydrogen-bond donors (Lipinski definition) is 2. The number of cyclic esters (lactones) is 1. The lowest BCUT2D eigenvalue weighted by atomic mass is 9.76. The monoisotopic (exact) mass is 860 g/mol. The molecule has 3 aliphatic heterocycles. The number of nitrogens with zero attached hydrogens (tertiary/aromatic N) is 4. The molecule has 17 heteroatoms. The van der Waals surface area contributed by atoms with Gasteiger partial charge in [-0.3, -0.25) is 14.4 Å². The molecule has 60 heavy (non-hydrogen) atoms. The molecule has 3 saturated heterocycles. The number of aliphatic hydroxyl groups is 2. The van der Waals surface area contributed by atoms with Crippen molar-refractivity contribution < 1.29 is 57.5 Å². The molecule has 0 radical (unpaired) electrons. The van der Waals surface area contributed by atoms with E-state index < -0.39 is 83.3 Å². The zero-order valence-corrected chi connectivity index (χ0v) is 37.1. The van der Waals surface area contributed by atoms with Crippen molar-refractivity contribution in [3.8, 4) is 10.4 Å². The fourth-order valence-corrected chi connectivity index (χ4v) is 9.25. The molecule has 3 aliphatic rings. The van der Waals surface area contributed by atoms with Gasteiger partial charge in [-0.25, -0.2) is 9.98 Å². The first-order valence-electron chi connectivity index (χ1n) is 20.6. The van der Waals surface area contributed by atoms with Crippen LogP contribution in [0.5, 0.6) is 0 Å². The smallest absolute Gasteiger partial charge is 0.316 e. The van der Waals surface area contributed by atoms with Gasteiger partial charge in [0.05, 0.1) is 37.1 Å². The fraction of sp³-hybridized carbons (Fsp3) is 0.674. The number of halogens is 1. The van der Waals surface area contributed by atoms with Gasteiger partial charge in [-0.05, 0) is 91.2 Å². The zero-order chi connectivity index (χ0) is 44.1. The van der Waals surface area contributed by atoms with E-state index in [1.807, 2.05) is 45.0 Å². The summed E-state index contributed by atoms with van der Waals surface area (Å²) < 4.78 is 45.7. The molecule has 2 aromatic heterocycles. The standard InChI is InChI=1S/C43H61FN4O11S/c1-11-34-43(8,53)35-17-31(46-27(6)49)23(2)18-42(7,55-21-29(20-54-35)47-56-22-30-13-14-33(60-30)28-12-15-36(44)45-19-28)39(25(4)37(50)26(5)40(52)58-34)59-41-38(51)32(48(9)10)16-24(3)57-41/h12-15,19,23-26,32,34-35,38-39,41,51,53H,11,16-18,20-22H2,1-10H3/b46-31?,47-29-/t23-,24-,25+,26-,32+,34+,35+,38-,39-,41+,42-,43-/m1/s1. The molecule has 0 unspecified atom stereocenters. The summed E-state index contributed by atoms with van der Waals surface area (Å²) in [6.07, 6.45) is -3.73. The van der Waals surface area contributed by atoms with Crippen molar-refractivity contribution in [2.45, 2.75) is 142 Å². The van der Waals surface area contributed by atoms with Gasteiger partial charge in [-0.15, -0.1) is 11.3 Å². The maximum Gasteiger partial charge on any atom is 0.316 e. The predicted octanol–water partition coefficient (Wildman–Crippen LogP) is 5.14. The molecule has 5 heterocycles. The van der Waals surface area contributed by atoms with Crippen LogP contribution in [-0.2, 0) is 49.5 Å². The van der Waals surface area contributed by atoms with E-state index in [1.54, 1.807) is 26.8 Å². The molecule has 3 fully saturated rings. The number of Topliss-reactive ketones (excluding diaryl/α,β-unsaturated/α-hetero) is 1. The number of fused-ring (bicyclic) bond motifs is 5. The SMILES string of the molecule is CC[C@@H]1OC(=O)[C@H](C)C(=O)[C@H](C)[C@@H](O[C@@H]2O[C@H](C)C[C@H](N(C)C)[C@H]2O)[C@@]2(C)C[C@@H](C)C(=NC(C)=O)C[C@H](OC/C(=N/OCc3ccc(-c4ccc(F)nc4)s3)CO2)[C@]1(C)O. The number of aliphatic hydroxyl groups excluding tert-OH is 1. The Morgan fingerprint density at radius 1 is 1.12 bits per heavy atom. The van der Waals surface area contributed by atoms with E-state index in [9.17, 15) is 29.0 Å². The summed E-state index contributed by atoms with van der Waals surface area (Å²) in [5.41, 5.74) is -1.82. The normalized spacial score (nSPS) is 36.4. The first-order valence-corrected chi connectivity index (χ1v) is 21.4. The van der Waals surface area contributed by atoms with Crippen LogP contribution in [0.3, 0.4) is 0 Å². The predicted molar refractivity (Wildman–Crippen MR) is 222 cm³/mol. The number of ether oxygens (including phenoxy) is 5. The van der Waals surface area contributed by atoms with E-state index in [1.165, 1.54) is 44.4 Å².